The second-order valence-electron chi connectivity index (χ2n) is 9.40. The standard InChI is InChI=1S/C26H33N5O4/c1-18-5-7-21(19(2)15-18)28-25(33)30-12-9-26(10-13-30)11-14-31(17-26)22(32)8-6-20-16-27-24(35-4)29-23(20)34-3/h5-8,15-16H,9-14,17H2,1-4H3,(H,28,33). The minimum atomic E-state index is -0.0590. The molecule has 1 aromatic heterocycles. The lowest BCUT2D eigenvalue weighted by Gasteiger charge is -2.39. The number of carbonyl (C=O) groups is 2. The summed E-state index contributed by atoms with van der Waals surface area (Å²) < 4.78 is 10.3. The fourth-order valence-electron chi connectivity index (χ4n) is 4.87. The van der Waals surface area contributed by atoms with Crippen molar-refractivity contribution in [3.63, 3.8) is 0 Å². The highest BCUT2D eigenvalue weighted by atomic mass is 16.5. The molecule has 0 radical (unpaired) electrons. The van der Waals surface area contributed by atoms with Gasteiger partial charge in [-0.3, -0.25) is 4.79 Å². The minimum absolute atomic E-state index is 0.0465. The van der Waals surface area contributed by atoms with E-state index in [9.17, 15) is 9.59 Å². The summed E-state index contributed by atoms with van der Waals surface area (Å²) >= 11 is 0. The molecule has 1 N–H and O–H groups in total. The van der Waals surface area contributed by atoms with Crippen LogP contribution < -0.4 is 14.8 Å². The number of nitrogens with one attached hydrogen (secondary N) is 1. The van der Waals surface area contributed by atoms with E-state index in [0.29, 0.717) is 37.6 Å². The van der Waals surface area contributed by atoms with Crippen LogP contribution in [0.1, 0.15) is 36.0 Å². The van der Waals surface area contributed by atoms with Crippen LogP contribution in [0.5, 0.6) is 11.9 Å². The topological polar surface area (TPSA) is 96.9 Å². The van der Waals surface area contributed by atoms with Crippen LogP contribution in [0, 0.1) is 19.3 Å². The zero-order chi connectivity index (χ0) is 25.0. The van der Waals surface area contributed by atoms with Gasteiger partial charge in [-0.15, -0.1) is 0 Å². The highest BCUT2D eigenvalue weighted by Crippen LogP contribution is 2.40. The Bertz CT molecular complexity index is 1120. The number of rotatable bonds is 5. The average molecular weight is 480 g/mol. The Hall–Kier alpha value is -3.62. The van der Waals surface area contributed by atoms with Gasteiger partial charge in [0.1, 0.15) is 0 Å². The number of hydrogen-bond acceptors (Lipinski definition) is 6. The Balaban J connectivity index is 1.31. The van der Waals surface area contributed by atoms with E-state index < -0.39 is 0 Å². The Labute approximate surface area is 206 Å². The molecule has 2 aromatic rings. The Kier molecular flexibility index (Phi) is 7.23. The van der Waals surface area contributed by atoms with Crippen molar-refractivity contribution in [1.29, 1.82) is 0 Å². The molecule has 1 spiro atoms. The van der Waals surface area contributed by atoms with Crippen molar-refractivity contribution in [2.45, 2.75) is 33.1 Å². The number of benzene rings is 1. The highest BCUT2D eigenvalue weighted by molar-refractivity contribution is 5.92. The third-order valence-corrected chi connectivity index (χ3v) is 7.02. The van der Waals surface area contributed by atoms with Crippen LogP contribution in [0.4, 0.5) is 10.5 Å². The molecule has 2 aliphatic heterocycles. The van der Waals surface area contributed by atoms with Gasteiger partial charge in [0.15, 0.2) is 0 Å². The lowest BCUT2D eigenvalue weighted by atomic mass is 9.78. The molecule has 2 aliphatic rings. The average Bonchev–Trinajstić information content (AvgIpc) is 3.28. The van der Waals surface area contributed by atoms with E-state index in [-0.39, 0.29) is 23.4 Å². The molecule has 9 nitrogen and oxygen atoms in total. The summed E-state index contributed by atoms with van der Waals surface area (Å²) in [4.78, 5) is 37.7. The molecule has 35 heavy (non-hydrogen) atoms. The summed E-state index contributed by atoms with van der Waals surface area (Å²) in [6.45, 7) is 6.85. The molecule has 2 saturated heterocycles. The zero-order valence-electron chi connectivity index (χ0n) is 20.8. The number of likely N-dealkylation sites (tertiary alicyclic amines) is 2. The number of carbonyl (C=O) groups excluding carboxylic acids is 2. The molecular weight excluding hydrogens is 446 g/mol. The first kappa shape index (κ1) is 24.5. The largest absolute Gasteiger partial charge is 0.480 e. The third kappa shape index (κ3) is 5.55. The molecule has 0 aliphatic carbocycles. The van der Waals surface area contributed by atoms with E-state index in [2.05, 4.69) is 21.4 Å². The smallest absolute Gasteiger partial charge is 0.321 e. The molecule has 3 amide bonds. The Morgan fingerprint density at radius 1 is 1.06 bits per heavy atom. The van der Waals surface area contributed by atoms with Crippen LogP contribution in [0.2, 0.25) is 0 Å². The molecule has 9 heteroatoms. The summed E-state index contributed by atoms with van der Waals surface area (Å²) in [7, 11) is 3.00. The molecule has 2 fully saturated rings. The summed E-state index contributed by atoms with van der Waals surface area (Å²) in [5.41, 5.74) is 3.76. The van der Waals surface area contributed by atoms with Gasteiger partial charge >= 0.3 is 12.0 Å². The normalized spacial score (nSPS) is 17.1. The van der Waals surface area contributed by atoms with E-state index in [0.717, 1.165) is 30.5 Å². The van der Waals surface area contributed by atoms with Crippen LogP contribution in [0.25, 0.3) is 6.08 Å². The third-order valence-electron chi connectivity index (χ3n) is 7.02. The Morgan fingerprint density at radius 3 is 2.43 bits per heavy atom. The molecule has 0 bridgehead atoms. The monoisotopic (exact) mass is 479 g/mol. The van der Waals surface area contributed by atoms with Gasteiger partial charge in [-0.25, -0.2) is 9.78 Å². The second kappa shape index (κ2) is 10.3. The van der Waals surface area contributed by atoms with Gasteiger partial charge in [0.2, 0.25) is 11.8 Å². The molecular formula is C26H33N5O4. The fourth-order valence-corrected chi connectivity index (χ4v) is 4.87. The van der Waals surface area contributed by atoms with Gasteiger partial charge in [-0.2, -0.15) is 4.98 Å². The fraction of sp³-hybridized carbons (Fsp3) is 0.462. The van der Waals surface area contributed by atoms with Gasteiger partial charge in [-0.05, 0) is 56.2 Å². The molecule has 1 aromatic carbocycles. The molecule has 0 saturated carbocycles. The van der Waals surface area contributed by atoms with Crippen LogP contribution in [-0.4, -0.2) is 72.1 Å². The van der Waals surface area contributed by atoms with Gasteiger partial charge in [-0.1, -0.05) is 17.7 Å². The number of hydrogen-bond donors (Lipinski definition) is 1. The number of ether oxygens (including phenoxy) is 2. The van der Waals surface area contributed by atoms with Crippen molar-refractivity contribution >= 4 is 23.7 Å². The minimum Gasteiger partial charge on any atom is -0.480 e. The predicted octanol–water partition coefficient (Wildman–Crippen LogP) is 3.67. The van der Waals surface area contributed by atoms with Gasteiger partial charge < -0.3 is 24.6 Å². The number of methoxy groups -OCH3 is 2. The van der Waals surface area contributed by atoms with Crippen molar-refractivity contribution in [3.05, 3.63) is 47.2 Å². The SMILES string of the molecule is COc1ncc(C=CC(=O)N2CCC3(CCN(C(=O)Nc4ccc(C)cc4C)CC3)C2)c(OC)n1. The van der Waals surface area contributed by atoms with Crippen molar-refractivity contribution in [2.24, 2.45) is 5.41 Å². The number of amides is 3. The molecule has 186 valence electrons. The van der Waals surface area contributed by atoms with Gasteiger partial charge in [0, 0.05) is 44.1 Å². The van der Waals surface area contributed by atoms with Crippen LogP contribution in [0.15, 0.2) is 30.5 Å². The first-order chi connectivity index (χ1) is 16.8. The molecule has 0 atom stereocenters. The van der Waals surface area contributed by atoms with Crippen molar-refractivity contribution < 1.29 is 19.1 Å². The van der Waals surface area contributed by atoms with E-state index >= 15 is 0 Å². The summed E-state index contributed by atoms with van der Waals surface area (Å²) in [6, 6.07) is 6.17. The number of piperidine rings is 1. The maximum atomic E-state index is 12.9. The van der Waals surface area contributed by atoms with Crippen LogP contribution in [0.3, 0.4) is 0 Å². The van der Waals surface area contributed by atoms with Crippen LogP contribution in [-0.2, 0) is 4.79 Å². The summed E-state index contributed by atoms with van der Waals surface area (Å²) in [5, 5.41) is 3.05. The number of aryl methyl sites for hydroxylation is 2. The number of urea groups is 1. The first-order valence-corrected chi connectivity index (χ1v) is 11.9. The van der Waals surface area contributed by atoms with Crippen molar-refractivity contribution in [1.82, 2.24) is 19.8 Å². The van der Waals surface area contributed by atoms with E-state index in [1.165, 1.54) is 19.8 Å². The van der Waals surface area contributed by atoms with Crippen LogP contribution >= 0.6 is 0 Å². The lowest BCUT2D eigenvalue weighted by Crippen LogP contribution is -2.46. The maximum Gasteiger partial charge on any atom is 0.321 e. The Morgan fingerprint density at radius 2 is 1.77 bits per heavy atom. The summed E-state index contributed by atoms with van der Waals surface area (Å²) in [6.07, 6.45) is 7.51. The molecule has 3 heterocycles. The van der Waals surface area contributed by atoms with E-state index in [1.54, 1.807) is 18.3 Å². The van der Waals surface area contributed by atoms with E-state index in [1.807, 2.05) is 35.8 Å². The van der Waals surface area contributed by atoms with Gasteiger partial charge in [0.05, 0.1) is 19.8 Å². The quantitative estimate of drug-likeness (QED) is 0.658. The predicted molar refractivity (Wildman–Crippen MR) is 134 cm³/mol. The van der Waals surface area contributed by atoms with Gasteiger partial charge in [0.25, 0.3) is 0 Å². The lowest BCUT2D eigenvalue weighted by molar-refractivity contribution is -0.125. The summed E-state index contributed by atoms with van der Waals surface area (Å²) in [5.74, 6) is 0.306. The second-order valence-corrected chi connectivity index (χ2v) is 9.40. The number of nitrogens with zero attached hydrogens (tertiary/aromatic N) is 4. The maximum absolute atomic E-state index is 12.9. The number of aromatic nitrogens is 2. The van der Waals surface area contributed by atoms with E-state index in [4.69, 9.17) is 9.47 Å². The molecule has 4 rings (SSSR count). The molecule has 0 unspecified atom stereocenters. The number of anilines is 1. The first-order valence-electron chi connectivity index (χ1n) is 11.9. The van der Waals surface area contributed by atoms with Crippen molar-refractivity contribution in [3.8, 4) is 11.9 Å². The van der Waals surface area contributed by atoms with Crippen molar-refractivity contribution in [2.75, 3.05) is 45.7 Å². The zero-order valence-corrected chi connectivity index (χ0v) is 20.8. The highest BCUT2D eigenvalue weighted by Gasteiger charge is 2.42.